The van der Waals surface area contributed by atoms with Gasteiger partial charge in [0.05, 0.1) is 18.5 Å². The van der Waals surface area contributed by atoms with E-state index in [0.29, 0.717) is 29.3 Å². The van der Waals surface area contributed by atoms with Gasteiger partial charge in [0.15, 0.2) is 0 Å². The van der Waals surface area contributed by atoms with E-state index in [9.17, 15) is 13.2 Å². The molecule has 1 amide bonds. The van der Waals surface area contributed by atoms with Crippen molar-refractivity contribution in [1.29, 1.82) is 0 Å². The second-order valence-corrected chi connectivity index (χ2v) is 9.69. The lowest BCUT2D eigenvalue weighted by Crippen LogP contribution is -2.30. The molecule has 3 aromatic carbocycles. The Morgan fingerprint density at radius 2 is 1.61 bits per heavy atom. The third-order valence-electron chi connectivity index (χ3n) is 5.11. The first-order chi connectivity index (χ1) is 15.7. The number of hydrogen-bond donors (Lipinski definition) is 1. The zero-order chi connectivity index (χ0) is 24.0. The van der Waals surface area contributed by atoms with Crippen LogP contribution in [0.3, 0.4) is 0 Å². The Bertz CT molecular complexity index is 1210. The minimum atomic E-state index is -3.50. The van der Waals surface area contributed by atoms with Crippen molar-refractivity contribution in [2.75, 3.05) is 22.5 Å². The van der Waals surface area contributed by atoms with Gasteiger partial charge in [-0.2, -0.15) is 0 Å². The highest BCUT2D eigenvalue weighted by atomic mass is 32.2. The molecule has 172 valence electrons. The van der Waals surface area contributed by atoms with Gasteiger partial charge in [-0.05, 0) is 66.9 Å². The number of nitrogens with one attached hydrogen (secondary N) is 1. The van der Waals surface area contributed by atoms with Crippen LogP contribution in [0.2, 0.25) is 0 Å². The number of nitrogens with zero attached hydrogens (tertiary/aromatic N) is 1. The lowest BCUT2D eigenvalue weighted by molar-refractivity contribution is 0.102. The Morgan fingerprint density at radius 1 is 1.00 bits per heavy atom. The summed E-state index contributed by atoms with van der Waals surface area (Å²) in [5, 5.41) is 2.85. The number of anilines is 2. The predicted octanol–water partition coefficient (Wildman–Crippen LogP) is 5.09. The number of carbonyl (C=O) groups excluding carboxylic acids is 1. The van der Waals surface area contributed by atoms with Gasteiger partial charge < -0.3 is 10.1 Å². The van der Waals surface area contributed by atoms with E-state index >= 15 is 0 Å². The number of hydrogen-bond acceptors (Lipinski definition) is 4. The van der Waals surface area contributed by atoms with Gasteiger partial charge >= 0.3 is 0 Å². The van der Waals surface area contributed by atoms with E-state index in [1.165, 1.54) is 10.6 Å². The van der Waals surface area contributed by atoms with Gasteiger partial charge in [0.2, 0.25) is 10.0 Å². The molecule has 33 heavy (non-hydrogen) atoms. The van der Waals surface area contributed by atoms with Gasteiger partial charge in [0, 0.05) is 11.3 Å². The second-order valence-electron chi connectivity index (χ2n) is 7.79. The van der Waals surface area contributed by atoms with Crippen molar-refractivity contribution in [3.63, 3.8) is 0 Å². The number of amides is 1. The van der Waals surface area contributed by atoms with Crippen molar-refractivity contribution in [1.82, 2.24) is 0 Å². The third-order valence-corrected chi connectivity index (χ3v) is 6.22. The number of ether oxygens (including phenoxy) is 1. The Hall–Kier alpha value is -3.58. The summed E-state index contributed by atoms with van der Waals surface area (Å²) in [5.74, 6) is 0.438. The van der Waals surface area contributed by atoms with Crippen molar-refractivity contribution >= 4 is 27.3 Å². The molecule has 0 bridgehead atoms. The molecule has 7 heteroatoms. The first kappa shape index (κ1) is 24.1. The van der Waals surface area contributed by atoms with Gasteiger partial charge in [-0.15, -0.1) is 0 Å². The summed E-state index contributed by atoms with van der Waals surface area (Å²) in [6, 6.07) is 19.7. The van der Waals surface area contributed by atoms with Crippen molar-refractivity contribution < 1.29 is 17.9 Å². The summed E-state index contributed by atoms with van der Waals surface area (Å²) in [6.45, 7) is 7.99. The minimum Gasteiger partial charge on any atom is -0.490 e. The number of carbonyl (C=O) groups is 1. The van der Waals surface area contributed by atoms with E-state index < -0.39 is 10.0 Å². The molecule has 0 aliphatic heterocycles. The molecule has 3 aromatic rings. The molecule has 0 aliphatic carbocycles. The summed E-state index contributed by atoms with van der Waals surface area (Å²) < 4.78 is 31.9. The van der Waals surface area contributed by atoms with Crippen LogP contribution < -0.4 is 14.4 Å². The van der Waals surface area contributed by atoms with Crippen LogP contribution in [-0.4, -0.2) is 27.2 Å². The van der Waals surface area contributed by atoms with Crippen molar-refractivity contribution in [3.05, 3.63) is 102 Å². The summed E-state index contributed by atoms with van der Waals surface area (Å²) in [4.78, 5) is 12.6. The van der Waals surface area contributed by atoms with Crippen molar-refractivity contribution in [2.45, 2.75) is 20.4 Å². The summed E-state index contributed by atoms with van der Waals surface area (Å²) >= 11 is 0. The molecule has 0 heterocycles. The molecule has 6 nitrogen and oxygen atoms in total. The Balaban J connectivity index is 1.73. The molecule has 0 aromatic heterocycles. The summed E-state index contributed by atoms with van der Waals surface area (Å²) in [5.41, 5.74) is 4.36. The number of sulfonamides is 1. The second kappa shape index (κ2) is 10.4. The maximum Gasteiger partial charge on any atom is 0.255 e. The fraction of sp³-hybridized carbons (Fsp3) is 0.192. The first-order valence-corrected chi connectivity index (χ1v) is 12.3. The van der Waals surface area contributed by atoms with Gasteiger partial charge in [-0.3, -0.25) is 9.10 Å². The lowest BCUT2D eigenvalue weighted by atomic mass is 10.1. The zero-order valence-corrected chi connectivity index (χ0v) is 19.9. The highest BCUT2D eigenvalue weighted by Crippen LogP contribution is 2.28. The largest absolute Gasteiger partial charge is 0.490 e. The quantitative estimate of drug-likeness (QED) is 0.448. The van der Waals surface area contributed by atoms with E-state index in [-0.39, 0.29) is 12.5 Å². The van der Waals surface area contributed by atoms with E-state index in [2.05, 4.69) is 11.9 Å². The van der Waals surface area contributed by atoms with Crippen LogP contribution in [-0.2, 0) is 16.6 Å². The van der Waals surface area contributed by atoms with Crippen LogP contribution in [0.15, 0.2) is 79.4 Å². The highest BCUT2D eigenvalue weighted by Gasteiger charge is 2.21. The molecule has 0 radical (unpaired) electrons. The van der Waals surface area contributed by atoms with Crippen LogP contribution in [0.5, 0.6) is 5.75 Å². The number of para-hydroxylation sites is 1. The molecular weight excluding hydrogens is 436 g/mol. The molecule has 0 saturated carbocycles. The lowest BCUT2D eigenvalue weighted by Gasteiger charge is -2.26. The molecule has 0 unspecified atom stereocenters. The molecule has 0 atom stereocenters. The average molecular weight is 465 g/mol. The van der Waals surface area contributed by atoms with E-state index in [0.717, 1.165) is 16.7 Å². The van der Waals surface area contributed by atoms with E-state index in [1.54, 1.807) is 54.6 Å². The smallest absolute Gasteiger partial charge is 0.255 e. The Kier molecular flexibility index (Phi) is 7.55. The van der Waals surface area contributed by atoms with E-state index in [1.807, 2.05) is 32.0 Å². The number of aryl methyl sites for hydroxylation is 2. The summed E-state index contributed by atoms with van der Waals surface area (Å²) in [6.07, 6.45) is 2.87. The maximum absolute atomic E-state index is 12.6. The third kappa shape index (κ3) is 6.23. The maximum atomic E-state index is 12.6. The monoisotopic (exact) mass is 464 g/mol. The zero-order valence-electron chi connectivity index (χ0n) is 19.0. The fourth-order valence-corrected chi connectivity index (χ4v) is 4.48. The molecule has 0 fully saturated rings. The van der Waals surface area contributed by atoms with Crippen LogP contribution in [0, 0.1) is 13.8 Å². The van der Waals surface area contributed by atoms with Gasteiger partial charge in [0.25, 0.3) is 5.91 Å². The molecule has 0 saturated heterocycles. The highest BCUT2D eigenvalue weighted by molar-refractivity contribution is 7.92. The first-order valence-electron chi connectivity index (χ1n) is 10.5. The number of benzene rings is 3. The average Bonchev–Trinajstić information content (AvgIpc) is 2.77. The van der Waals surface area contributed by atoms with Crippen LogP contribution in [0.1, 0.15) is 27.0 Å². The number of rotatable bonds is 9. The Labute approximate surface area is 195 Å². The SMILES string of the molecule is C=CCOc1ccc(NC(=O)c2ccc(CN(c3c(C)cccc3C)S(C)(=O)=O)cc2)cc1. The normalized spacial score (nSPS) is 11.0. The van der Waals surface area contributed by atoms with Gasteiger partial charge in [0.1, 0.15) is 12.4 Å². The fourth-order valence-electron chi connectivity index (χ4n) is 3.48. The van der Waals surface area contributed by atoms with Crippen molar-refractivity contribution in [2.24, 2.45) is 0 Å². The van der Waals surface area contributed by atoms with Crippen LogP contribution >= 0.6 is 0 Å². The predicted molar refractivity (Wildman–Crippen MR) is 133 cm³/mol. The molecular formula is C26H28N2O4S. The molecule has 3 rings (SSSR count). The van der Waals surface area contributed by atoms with Crippen LogP contribution in [0.25, 0.3) is 0 Å². The standard InChI is InChI=1S/C26H28N2O4S/c1-5-17-32-24-15-13-23(14-16-24)27-26(29)22-11-9-21(10-12-22)18-28(33(4,30)31)25-19(2)7-6-8-20(25)3/h5-16H,1,17-18H2,2-4H3,(H,27,29). The topological polar surface area (TPSA) is 75.7 Å². The van der Waals surface area contributed by atoms with Gasteiger partial charge in [-0.1, -0.05) is 43.0 Å². The minimum absolute atomic E-state index is 0.179. The van der Waals surface area contributed by atoms with Crippen molar-refractivity contribution in [3.8, 4) is 5.75 Å². The Morgan fingerprint density at radius 3 is 2.15 bits per heavy atom. The van der Waals surface area contributed by atoms with E-state index in [4.69, 9.17) is 4.74 Å². The molecule has 0 spiro atoms. The molecule has 0 aliphatic rings. The van der Waals surface area contributed by atoms with Gasteiger partial charge in [-0.25, -0.2) is 8.42 Å². The summed E-state index contributed by atoms with van der Waals surface area (Å²) in [7, 11) is -3.50. The molecule has 1 N–H and O–H groups in total. The van der Waals surface area contributed by atoms with Crippen LogP contribution in [0.4, 0.5) is 11.4 Å².